The molecule has 0 radical (unpaired) electrons. The highest BCUT2D eigenvalue weighted by Gasteiger charge is 2.24. The van der Waals surface area contributed by atoms with Crippen molar-refractivity contribution in [2.24, 2.45) is 0 Å². The number of likely N-dealkylation sites (tertiary alicyclic amines) is 1. The minimum absolute atomic E-state index is 0.131. The first-order valence-corrected chi connectivity index (χ1v) is 7.82. The molecule has 1 aromatic rings. The number of nitrogens with zero attached hydrogens (tertiary/aromatic N) is 1. The number of nitrogens with one attached hydrogen (secondary N) is 1. The van der Waals surface area contributed by atoms with Crippen molar-refractivity contribution in [3.05, 3.63) is 29.3 Å². The summed E-state index contributed by atoms with van der Waals surface area (Å²) in [5, 5.41) is 3.36. The van der Waals surface area contributed by atoms with Crippen LogP contribution >= 0.6 is 0 Å². The highest BCUT2D eigenvalue weighted by Crippen LogP contribution is 2.22. The Morgan fingerprint density at radius 2 is 2.10 bits per heavy atom. The van der Waals surface area contributed by atoms with Crippen molar-refractivity contribution in [3.63, 3.8) is 0 Å². The van der Waals surface area contributed by atoms with Crippen LogP contribution in [0.4, 0.5) is 5.69 Å². The molecule has 2 rings (SSSR count). The third kappa shape index (κ3) is 3.97. The lowest BCUT2D eigenvalue weighted by Crippen LogP contribution is -2.40. The van der Waals surface area contributed by atoms with E-state index in [1.807, 2.05) is 30.0 Å². The molecule has 0 atom stereocenters. The van der Waals surface area contributed by atoms with Gasteiger partial charge in [0.15, 0.2) is 0 Å². The minimum atomic E-state index is 0.131. The molecule has 21 heavy (non-hydrogen) atoms. The normalized spacial score (nSPS) is 16.0. The van der Waals surface area contributed by atoms with E-state index in [-0.39, 0.29) is 5.91 Å². The summed E-state index contributed by atoms with van der Waals surface area (Å²) >= 11 is 0. The zero-order chi connectivity index (χ0) is 15.2. The van der Waals surface area contributed by atoms with Gasteiger partial charge in [-0.3, -0.25) is 4.79 Å². The molecule has 0 aromatic heterocycles. The fourth-order valence-electron chi connectivity index (χ4n) is 2.71. The number of methoxy groups -OCH3 is 1. The predicted molar refractivity (Wildman–Crippen MR) is 85.9 cm³/mol. The van der Waals surface area contributed by atoms with E-state index in [1.165, 1.54) is 0 Å². The molecule has 1 fully saturated rings. The fourth-order valence-corrected chi connectivity index (χ4v) is 2.71. The van der Waals surface area contributed by atoms with Gasteiger partial charge in [0.2, 0.25) is 0 Å². The van der Waals surface area contributed by atoms with Crippen molar-refractivity contribution in [1.29, 1.82) is 0 Å². The molecule has 4 heteroatoms. The summed E-state index contributed by atoms with van der Waals surface area (Å²) in [6.07, 6.45) is 3.18. The molecule has 0 saturated carbocycles. The molecule has 0 aliphatic carbocycles. The van der Waals surface area contributed by atoms with Gasteiger partial charge >= 0.3 is 0 Å². The van der Waals surface area contributed by atoms with Gasteiger partial charge in [-0.2, -0.15) is 0 Å². The van der Waals surface area contributed by atoms with Gasteiger partial charge in [-0.15, -0.1) is 0 Å². The molecule has 1 heterocycles. The Bertz CT molecular complexity index is 480. The maximum atomic E-state index is 12.8. The highest BCUT2D eigenvalue weighted by molar-refractivity contribution is 5.99. The van der Waals surface area contributed by atoms with E-state index in [4.69, 9.17) is 4.74 Å². The summed E-state index contributed by atoms with van der Waals surface area (Å²) in [5.74, 6) is 0.131. The number of benzene rings is 1. The van der Waals surface area contributed by atoms with Gasteiger partial charge in [0, 0.05) is 32.4 Å². The zero-order valence-corrected chi connectivity index (χ0v) is 13.3. The molecule has 1 aliphatic rings. The van der Waals surface area contributed by atoms with E-state index in [0.29, 0.717) is 6.10 Å². The summed E-state index contributed by atoms with van der Waals surface area (Å²) < 4.78 is 5.37. The number of piperidine rings is 1. The molecule has 1 amide bonds. The first-order valence-electron chi connectivity index (χ1n) is 7.82. The molecule has 1 aromatic carbocycles. The van der Waals surface area contributed by atoms with Gasteiger partial charge in [0.25, 0.3) is 5.91 Å². The van der Waals surface area contributed by atoms with Crippen LogP contribution < -0.4 is 5.32 Å². The summed E-state index contributed by atoms with van der Waals surface area (Å²) in [4.78, 5) is 14.7. The van der Waals surface area contributed by atoms with Crippen molar-refractivity contribution in [3.8, 4) is 0 Å². The second-order valence-electron chi connectivity index (χ2n) is 5.70. The van der Waals surface area contributed by atoms with Gasteiger partial charge in [-0.1, -0.05) is 18.6 Å². The van der Waals surface area contributed by atoms with Crippen LogP contribution in [-0.2, 0) is 4.74 Å². The van der Waals surface area contributed by atoms with Crippen LogP contribution in [-0.4, -0.2) is 43.7 Å². The van der Waals surface area contributed by atoms with Gasteiger partial charge in [-0.05, 0) is 38.3 Å². The van der Waals surface area contributed by atoms with Gasteiger partial charge < -0.3 is 15.0 Å². The van der Waals surface area contributed by atoms with Crippen LogP contribution in [0.25, 0.3) is 0 Å². The standard InChI is InChI=1S/C17H26N2O2/c1-4-9-18-16-6-5-13(2)12-15(16)17(20)19-10-7-14(21-3)8-11-19/h5-6,12,14,18H,4,7-11H2,1-3H3. The number of ether oxygens (including phenoxy) is 1. The van der Waals surface area contributed by atoms with Crippen molar-refractivity contribution in [1.82, 2.24) is 4.90 Å². The van der Waals surface area contributed by atoms with E-state index in [9.17, 15) is 4.79 Å². The van der Waals surface area contributed by atoms with E-state index in [0.717, 1.165) is 55.7 Å². The monoisotopic (exact) mass is 290 g/mol. The Kier molecular flexibility index (Phi) is 5.62. The molecule has 4 nitrogen and oxygen atoms in total. The van der Waals surface area contributed by atoms with E-state index >= 15 is 0 Å². The molecule has 0 bridgehead atoms. The number of carbonyl (C=O) groups excluding carboxylic acids is 1. The van der Waals surface area contributed by atoms with E-state index < -0.39 is 0 Å². The number of hydrogen-bond donors (Lipinski definition) is 1. The smallest absolute Gasteiger partial charge is 0.255 e. The van der Waals surface area contributed by atoms with Crippen LogP contribution in [0.1, 0.15) is 42.1 Å². The second kappa shape index (κ2) is 7.46. The van der Waals surface area contributed by atoms with Crippen molar-refractivity contribution in [2.45, 2.75) is 39.2 Å². The molecule has 0 spiro atoms. The molecule has 0 unspecified atom stereocenters. The lowest BCUT2D eigenvalue weighted by molar-refractivity contribution is 0.0351. The molecule has 1 N–H and O–H groups in total. The molecule has 1 saturated heterocycles. The Hall–Kier alpha value is -1.55. The van der Waals surface area contributed by atoms with Gasteiger partial charge in [-0.25, -0.2) is 0 Å². The molecule has 1 aliphatic heterocycles. The number of hydrogen-bond acceptors (Lipinski definition) is 3. The maximum absolute atomic E-state index is 12.8. The molecule has 116 valence electrons. The van der Waals surface area contributed by atoms with Crippen LogP contribution in [0, 0.1) is 6.92 Å². The van der Waals surface area contributed by atoms with Gasteiger partial charge in [0.1, 0.15) is 0 Å². The van der Waals surface area contributed by atoms with E-state index in [2.05, 4.69) is 12.2 Å². The third-order valence-electron chi connectivity index (χ3n) is 4.03. The van der Waals surface area contributed by atoms with Gasteiger partial charge in [0.05, 0.1) is 11.7 Å². The Labute approximate surface area is 127 Å². The Balaban J connectivity index is 2.12. The summed E-state index contributed by atoms with van der Waals surface area (Å²) in [7, 11) is 1.75. The average molecular weight is 290 g/mol. The number of amides is 1. The average Bonchev–Trinajstić information content (AvgIpc) is 2.53. The van der Waals surface area contributed by atoms with Crippen molar-refractivity contribution in [2.75, 3.05) is 32.1 Å². The molecular formula is C17H26N2O2. The predicted octanol–water partition coefficient (Wildman–Crippen LogP) is 3.07. The van der Waals surface area contributed by atoms with Crippen molar-refractivity contribution >= 4 is 11.6 Å². The summed E-state index contributed by atoms with van der Waals surface area (Å²) in [6, 6.07) is 6.05. The van der Waals surface area contributed by atoms with Crippen LogP contribution in [0.2, 0.25) is 0 Å². The lowest BCUT2D eigenvalue weighted by atomic mass is 10.0. The first-order chi connectivity index (χ1) is 10.2. The second-order valence-corrected chi connectivity index (χ2v) is 5.70. The lowest BCUT2D eigenvalue weighted by Gasteiger charge is -2.31. The van der Waals surface area contributed by atoms with Crippen LogP contribution in [0.5, 0.6) is 0 Å². The third-order valence-corrected chi connectivity index (χ3v) is 4.03. The number of anilines is 1. The summed E-state index contributed by atoms with van der Waals surface area (Å²) in [5.41, 5.74) is 2.85. The quantitative estimate of drug-likeness (QED) is 0.906. The minimum Gasteiger partial charge on any atom is -0.384 e. The van der Waals surface area contributed by atoms with Crippen LogP contribution in [0.15, 0.2) is 18.2 Å². The number of carbonyl (C=O) groups is 1. The highest BCUT2D eigenvalue weighted by atomic mass is 16.5. The van der Waals surface area contributed by atoms with Crippen molar-refractivity contribution < 1.29 is 9.53 Å². The Morgan fingerprint density at radius 3 is 2.71 bits per heavy atom. The molecular weight excluding hydrogens is 264 g/mol. The summed E-state index contributed by atoms with van der Waals surface area (Å²) in [6.45, 7) is 6.59. The number of rotatable bonds is 5. The van der Waals surface area contributed by atoms with E-state index in [1.54, 1.807) is 7.11 Å². The maximum Gasteiger partial charge on any atom is 0.255 e. The topological polar surface area (TPSA) is 41.6 Å². The SMILES string of the molecule is CCCNc1ccc(C)cc1C(=O)N1CCC(OC)CC1. The fraction of sp³-hybridized carbons (Fsp3) is 0.588. The Morgan fingerprint density at radius 1 is 1.38 bits per heavy atom. The number of aryl methyl sites for hydroxylation is 1. The van der Waals surface area contributed by atoms with Crippen LogP contribution in [0.3, 0.4) is 0 Å². The zero-order valence-electron chi connectivity index (χ0n) is 13.3. The largest absolute Gasteiger partial charge is 0.384 e. The first kappa shape index (κ1) is 15.8.